The Bertz CT molecular complexity index is 1540. The fourth-order valence-electron chi connectivity index (χ4n) is 5.60. The molecule has 6 N–H and O–H groups in total. The van der Waals surface area contributed by atoms with Gasteiger partial charge in [-0.25, -0.2) is 13.2 Å². The van der Waals surface area contributed by atoms with Crippen molar-refractivity contribution in [1.82, 2.24) is 5.32 Å². The largest absolute Gasteiger partial charge is 0.489 e. The van der Waals surface area contributed by atoms with Crippen molar-refractivity contribution < 1.29 is 67.2 Å². The molecule has 2 saturated heterocycles. The van der Waals surface area contributed by atoms with Crippen LogP contribution < -0.4 is 14.8 Å². The third-order valence-corrected chi connectivity index (χ3v) is 8.46. The third-order valence-electron chi connectivity index (χ3n) is 8.46. The van der Waals surface area contributed by atoms with Crippen LogP contribution in [0.5, 0.6) is 11.5 Å². The van der Waals surface area contributed by atoms with Gasteiger partial charge >= 0.3 is 0 Å². The summed E-state index contributed by atoms with van der Waals surface area (Å²) in [5, 5.41) is 55.5. The molecule has 3 fully saturated rings. The zero-order valence-corrected chi connectivity index (χ0v) is 25.5. The lowest BCUT2D eigenvalue weighted by Crippen LogP contribution is -2.67. The fraction of sp³-hybridized carbons (Fsp3) is 0.469. The molecule has 2 heterocycles. The molecule has 1 amide bonds. The number of nitrogens with one attached hydrogen (secondary N) is 1. The summed E-state index contributed by atoms with van der Waals surface area (Å²) in [6, 6.07) is 5.52. The van der Waals surface area contributed by atoms with Crippen molar-refractivity contribution in [3.05, 3.63) is 76.6 Å². The minimum Gasteiger partial charge on any atom is -0.489 e. The number of amides is 1. The van der Waals surface area contributed by atoms with Crippen LogP contribution in [-0.4, -0.2) is 106 Å². The number of carbonyl (C=O) groups is 1. The van der Waals surface area contributed by atoms with Gasteiger partial charge in [-0.2, -0.15) is 0 Å². The van der Waals surface area contributed by atoms with Gasteiger partial charge in [0.05, 0.1) is 6.04 Å². The van der Waals surface area contributed by atoms with E-state index >= 15 is 4.39 Å². The Balaban J connectivity index is 1.20. The lowest BCUT2D eigenvalue weighted by atomic mass is 9.83. The molecule has 1 aliphatic carbocycles. The molecular formula is C32H36F3NO11. The maximum Gasteiger partial charge on any atom is 0.247 e. The molecule has 1 saturated carbocycles. The molecule has 0 bridgehead atoms. The highest BCUT2D eigenvalue weighted by atomic mass is 19.2. The van der Waals surface area contributed by atoms with Gasteiger partial charge in [-0.05, 0) is 68.3 Å². The molecular weight excluding hydrogens is 631 g/mol. The highest BCUT2D eigenvalue weighted by Crippen LogP contribution is 2.37. The summed E-state index contributed by atoms with van der Waals surface area (Å²) in [4.78, 5) is 12.9. The predicted octanol–water partition coefficient (Wildman–Crippen LogP) is 1.07. The Morgan fingerprint density at radius 1 is 0.979 bits per heavy atom. The van der Waals surface area contributed by atoms with Gasteiger partial charge in [0, 0.05) is 11.6 Å². The first-order chi connectivity index (χ1) is 22.2. The number of benzene rings is 2. The van der Waals surface area contributed by atoms with Crippen LogP contribution in [0.1, 0.15) is 26.3 Å². The first-order valence-corrected chi connectivity index (χ1v) is 14.7. The first-order valence-electron chi connectivity index (χ1n) is 14.7. The van der Waals surface area contributed by atoms with E-state index in [4.69, 9.17) is 23.7 Å². The van der Waals surface area contributed by atoms with E-state index in [0.717, 1.165) is 18.2 Å². The minimum atomic E-state index is -1.97. The molecule has 0 radical (unpaired) electrons. The zero-order chi connectivity index (χ0) is 34.2. The van der Waals surface area contributed by atoms with Gasteiger partial charge in [-0.3, -0.25) is 4.79 Å². The molecule has 0 aromatic heterocycles. The number of hydrogen-bond donors (Lipinski definition) is 6. The van der Waals surface area contributed by atoms with E-state index in [1.165, 1.54) is 44.2 Å². The molecule has 256 valence electrons. The van der Waals surface area contributed by atoms with E-state index in [-0.39, 0.29) is 36.0 Å². The second-order valence-corrected chi connectivity index (χ2v) is 11.9. The summed E-state index contributed by atoms with van der Waals surface area (Å²) in [6.07, 6.45) is -7.39. The van der Waals surface area contributed by atoms with Crippen molar-refractivity contribution in [2.24, 2.45) is 0 Å². The van der Waals surface area contributed by atoms with E-state index in [0.29, 0.717) is 5.57 Å². The summed E-state index contributed by atoms with van der Waals surface area (Å²) in [6.45, 7) is 4.01. The van der Waals surface area contributed by atoms with Crippen molar-refractivity contribution in [2.45, 2.75) is 81.4 Å². The van der Waals surface area contributed by atoms with Crippen molar-refractivity contribution in [2.75, 3.05) is 13.4 Å². The smallest absolute Gasteiger partial charge is 0.247 e. The predicted molar refractivity (Wildman–Crippen MR) is 156 cm³/mol. The van der Waals surface area contributed by atoms with Crippen LogP contribution in [0.3, 0.4) is 0 Å². The first kappa shape index (κ1) is 34.8. The standard InChI is InChI=1S/C32H36F3NO11/c1-14(8-9-43-17-5-6-18(33)19(34)12-17)26-29(40)32(3,42)31(47-26)46-21-7-4-16(11-20(21)35)10-15(2)30(41)36-22-23(37)25(39)28-27(24(22)38)44-13-45-28/h4-8,10-12,22-29,31,37-40,42H,9,13H2,1-3H3,(H,36,41)/t22-,23+,24-,25-,26-,27+,28-,29-,31-,32-/m1/s1. The van der Waals surface area contributed by atoms with Crippen molar-refractivity contribution in [3.63, 3.8) is 0 Å². The number of aliphatic hydroxyl groups is 5. The number of hydrogen-bond acceptors (Lipinski definition) is 11. The van der Waals surface area contributed by atoms with Gasteiger partial charge in [0.15, 0.2) is 28.8 Å². The summed E-state index contributed by atoms with van der Waals surface area (Å²) < 4.78 is 68.9. The van der Waals surface area contributed by atoms with Crippen molar-refractivity contribution >= 4 is 12.0 Å². The second kappa shape index (κ2) is 13.9. The summed E-state index contributed by atoms with van der Waals surface area (Å²) in [5.41, 5.74) is -1.22. The Hall–Kier alpha value is -3.54. The van der Waals surface area contributed by atoms with E-state index in [1.807, 2.05) is 0 Å². The second-order valence-electron chi connectivity index (χ2n) is 11.9. The van der Waals surface area contributed by atoms with E-state index in [9.17, 15) is 39.1 Å². The average Bonchev–Trinajstić information content (AvgIpc) is 3.60. The lowest BCUT2D eigenvalue weighted by molar-refractivity contribution is -0.155. The normalized spacial score (nSPS) is 34.2. The molecule has 2 aliphatic heterocycles. The van der Waals surface area contributed by atoms with Gasteiger partial charge in [-0.1, -0.05) is 6.07 Å². The van der Waals surface area contributed by atoms with Crippen LogP contribution in [-0.2, 0) is 19.0 Å². The van der Waals surface area contributed by atoms with E-state index in [1.54, 1.807) is 6.92 Å². The van der Waals surface area contributed by atoms with E-state index < -0.39 is 84.0 Å². The topological polar surface area (TPSA) is 176 Å². The maximum absolute atomic E-state index is 15.1. The molecule has 10 atom stereocenters. The summed E-state index contributed by atoms with van der Waals surface area (Å²) in [7, 11) is 0. The van der Waals surface area contributed by atoms with Gasteiger partial charge in [0.2, 0.25) is 12.2 Å². The maximum atomic E-state index is 15.1. The van der Waals surface area contributed by atoms with Crippen LogP contribution in [0.2, 0.25) is 0 Å². The molecule has 0 spiro atoms. The summed E-state index contributed by atoms with van der Waals surface area (Å²) in [5.74, 6) is -3.91. The molecule has 0 unspecified atom stereocenters. The number of carbonyl (C=O) groups excluding carboxylic acids is 1. The van der Waals surface area contributed by atoms with E-state index in [2.05, 4.69) is 5.32 Å². The third kappa shape index (κ3) is 7.17. The highest BCUT2D eigenvalue weighted by molar-refractivity contribution is 5.97. The Kier molecular flexibility index (Phi) is 10.3. The Morgan fingerprint density at radius 2 is 1.68 bits per heavy atom. The molecule has 5 rings (SSSR count). The van der Waals surface area contributed by atoms with Crippen LogP contribution in [0, 0.1) is 17.5 Å². The molecule has 2 aromatic carbocycles. The van der Waals surface area contributed by atoms with Gasteiger partial charge in [-0.15, -0.1) is 0 Å². The van der Waals surface area contributed by atoms with Gasteiger partial charge in [0.1, 0.15) is 61.9 Å². The molecule has 47 heavy (non-hydrogen) atoms. The highest BCUT2D eigenvalue weighted by Gasteiger charge is 2.55. The van der Waals surface area contributed by atoms with Crippen LogP contribution >= 0.6 is 0 Å². The number of ether oxygens (including phenoxy) is 5. The number of fused-ring (bicyclic) bond motifs is 1. The zero-order valence-electron chi connectivity index (χ0n) is 25.5. The summed E-state index contributed by atoms with van der Waals surface area (Å²) >= 11 is 0. The van der Waals surface area contributed by atoms with Crippen LogP contribution in [0.4, 0.5) is 13.2 Å². The fourth-order valence-corrected chi connectivity index (χ4v) is 5.60. The average molecular weight is 668 g/mol. The monoisotopic (exact) mass is 667 g/mol. The Labute approximate surface area is 267 Å². The lowest BCUT2D eigenvalue weighted by Gasteiger charge is -2.41. The van der Waals surface area contributed by atoms with Crippen LogP contribution in [0.25, 0.3) is 6.08 Å². The molecule has 2 aromatic rings. The van der Waals surface area contributed by atoms with Crippen LogP contribution in [0.15, 0.2) is 53.6 Å². The van der Waals surface area contributed by atoms with Gasteiger partial charge < -0.3 is 54.5 Å². The number of rotatable bonds is 9. The van der Waals surface area contributed by atoms with Gasteiger partial charge in [0.25, 0.3) is 0 Å². The molecule has 15 heteroatoms. The number of halogens is 3. The Morgan fingerprint density at radius 3 is 2.36 bits per heavy atom. The quantitative estimate of drug-likeness (QED) is 0.167. The van der Waals surface area contributed by atoms with Crippen molar-refractivity contribution in [1.29, 1.82) is 0 Å². The molecule has 3 aliphatic rings. The minimum absolute atomic E-state index is 0.0768. The number of aliphatic hydroxyl groups excluding tert-OH is 4. The molecule has 12 nitrogen and oxygen atoms in total. The van der Waals surface area contributed by atoms with Crippen molar-refractivity contribution in [3.8, 4) is 11.5 Å². The SMILES string of the molecule is CC(=Cc1ccc(O[C@@H]2O[C@H](C(C)=CCOc3ccc(F)c(F)c3)[C@@H](O)[C@@]2(C)O)c(F)c1)C(=O)N[C@@H]1[C@H](O)[C@@H](O)[C@H]2OCO[C@H]2[C@@H]1O.